The van der Waals surface area contributed by atoms with Gasteiger partial charge in [-0.2, -0.15) is 0 Å². The second-order valence-electron chi connectivity index (χ2n) is 5.84. The molecule has 0 unspecified atom stereocenters. The van der Waals surface area contributed by atoms with E-state index in [-0.39, 0.29) is 18.0 Å². The number of pyridine rings is 1. The van der Waals surface area contributed by atoms with Crippen LogP contribution in [0.1, 0.15) is 28.9 Å². The van der Waals surface area contributed by atoms with Crippen molar-refractivity contribution in [1.29, 1.82) is 0 Å². The Morgan fingerprint density at radius 2 is 2.00 bits per heavy atom. The first-order valence-corrected chi connectivity index (χ1v) is 7.89. The third-order valence-electron chi connectivity index (χ3n) is 4.42. The van der Waals surface area contributed by atoms with Crippen molar-refractivity contribution in [3.05, 3.63) is 32.2 Å². The van der Waals surface area contributed by atoms with Crippen LogP contribution in [-0.2, 0) is 5.66 Å². The second-order valence-corrected chi connectivity index (χ2v) is 6.70. The molecule has 2 aliphatic heterocycles. The molecule has 2 aliphatic rings. The molecule has 1 saturated heterocycles. The van der Waals surface area contributed by atoms with Gasteiger partial charge in [0.05, 0.1) is 11.0 Å². The molecule has 0 aromatic carbocycles. The molecule has 0 aliphatic carbocycles. The molecule has 0 radical (unpaired) electrons. The number of hydrogen-bond acceptors (Lipinski definition) is 3. The standard InChI is InChI=1S/C14H16BrF2N3O2/c1-8-6-9(15)13(22)20-11(8)12(21)18-14(20)2-4-19(5-3-14)7-10(16)17/h6,10H,2-5,7H2,1H3,(H,18,21). The van der Waals surface area contributed by atoms with E-state index in [4.69, 9.17) is 0 Å². The van der Waals surface area contributed by atoms with Crippen molar-refractivity contribution in [1.82, 2.24) is 14.8 Å². The number of fused-ring (bicyclic) bond motifs is 2. The summed E-state index contributed by atoms with van der Waals surface area (Å²) in [7, 11) is 0. The number of carbonyl (C=O) groups excluding carboxylic acids is 1. The number of rotatable bonds is 2. The zero-order valence-corrected chi connectivity index (χ0v) is 13.6. The molecule has 3 heterocycles. The van der Waals surface area contributed by atoms with E-state index in [1.54, 1.807) is 17.9 Å². The van der Waals surface area contributed by atoms with Crippen LogP contribution in [0.25, 0.3) is 0 Å². The first-order chi connectivity index (χ1) is 10.3. The van der Waals surface area contributed by atoms with Crippen molar-refractivity contribution in [2.24, 2.45) is 0 Å². The minimum Gasteiger partial charge on any atom is -0.327 e. The molecule has 0 bridgehead atoms. The van der Waals surface area contributed by atoms with Crippen LogP contribution < -0.4 is 10.9 Å². The van der Waals surface area contributed by atoms with Gasteiger partial charge >= 0.3 is 0 Å². The predicted molar refractivity (Wildman–Crippen MR) is 80.3 cm³/mol. The van der Waals surface area contributed by atoms with Gasteiger partial charge in [0.1, 0.15) is 11.4 Å². The summed E-state index contributed by atoms with van der Waals surface area (Å²) in [6.07, 6.45) is -1.50. The van der Waals surface area contributed by atoms with Crippen LogP contribution in [0.15, 0.2) is 15.3 Å². The van der Waals surface area contributed by atoms with Crippen molar-refractivity contribution in [3.63, 3.8) is 0 Å². The zero-order valence-electron chi connectivity index (χ0n) is 12.0. The molecule has 1 aromatic rings. The Bertz CT molecular complexity index is 681. The normalized spacial score (nSPS) is 20.5. The SMILES string of the molecule is Cc1cc(Br)c(=O)n2c1C(=O)NC21CCN(CC(F)F)CC1. The van der Waals surface area contributed by atoms with E-state index in [2.05, 4.69) is 21.2 Å². The Balaban J connectivity index is 1.97. The number of likely N-dealkylation sites (tertiary alicyclic amines) is 1. The number of carbonyl (C=O) groups is 1. The third kappa shape index (κ3) is 2.38. The number of alkyl halides is 2. The van der Waals surface area contributed by atoms with Crippen molar-refractivity contribution in [2.75, 3.05) is 19.6 Å². The molecule has 22 heavy (non-hydrogen) atoms. The topological polar surface area (TPSA) is 54.3 Å². The van der Waals surface area contributed by atoms with Gasteiger partial charge in [-0.3, -0.25) is 19.1 Å². The number of amides is 1. The highest BCUT2D eigenvalue weighted by molar-refractivity contribution is 9.10. The van der Waals surface area contributed by atoms with Gasteiger partial charge in [0.25, 0.3) is 17.9 Å². The second kappa shape index (κ2) is 5.42. The van der Waals surface area contributed by atoms with E-state index in [9.17, 15) is 18.4 Å². The summed E-state index contributed by atoms with van der Waals surface area (Å²) in [6, 6.07) is 1.64. The summed E-state index contributed by atoms with van der Waals surface area (Å²) >= 11 is 3.23. The minimum atomic E-state index is -2.38. The Hall–Kier alpha value is -1.28. The fourth-order valence-corrected chi connectivity index (χ4v) is 3.89. The number of nitrogens with one attached hydrogen (secondary N) is 1. The lowest BCUT2D eigenvalue weighted by Gasteiger charge is -2.40. The number of aromatic nitrogens is 1. The van der Waals surface area contributed by atoms with Crippen LogP contribution in [0.3, 0.4) is 0 Å². The summed E-state index contributed by atoms with van der Waals surface area (Å²) in [5.41, 5.74) is 0.0315. The average Bonchev–Trinajstić information content (AvgIpc) is 2.72. The molecule has 1 fully saturated rings. The van der Waals surface area contributed by atoms with Gasteiger partial charge in [0.15, 0.2) is 0 Å². The Morgan fingerprint density at radius 1 is 1.36 bits per heavy atom. The smallest absolute Gasteiger partial charge is 0.270 e. The van der Waals surface area contributed by atoms with Gasteiger partial charge in [0.2, 0.25) is 0 Å². The first-order valence-electron chi connectivity index (χ1n) is 7.10. The lowest BCUT2D eigenvalue weighted by atomic mass is 9.97. The lowest BCUT2D eigenvalue weighted by molar-refractivity contribution is 0.0390. The number of halogens is 3. The highest BCUT2D eigenvalue weighted by atomic mass is 79.9. The van der Waals surface area contributed by atoms with Gasteiger partial charge < -0.3 is 5.32 Å². The maximum Gasteiger partial charge on any atom is 0.270 e. The fourth-order valence-electron chi connectivity index (χ4n) is 3.37. The van der Waals surface area contributed by atoms with E-state index in [0.29, 0.717) is 36.1 Å². The quantitative estimate of drug-likeness (QED) is 0.855. The summed E-state index contributed by atoms with van der Waals surface area (Å²) in [4.78, 5) is 26.4. The molecule has 1 amide bonds. The molecular formula is C14H16BrF2N3O2. The molecular weight excluding hydrogens is 360 g/mol. The van der Waals surface area contributed by atoms with Gasteiger partial charge in [-0.05, 0) is 34.5 Å². The van der Waals surface area contributed by atoms with Crippen LogP contribution in [-0.4, -0.2) is 41.4 Å². The maximum atomic E-state index is 12.5. The Morgan fingerprint density at radius 3 is 2.59 bits per heavy atom. The van der Waals surface area contributed by atoms with Crippen LogP contribution in [0.5, 0.6) is 0 Å². The van der Waals surface area contributed by atoms with Crippen molar-refractivity contribution < 1.29 is 13.6 Å². The lowest BCUT2D eigenvalue weighted by Crippen LogP contribution is -2.55. The fraction of sp³-hybridized carbons (Fsp3) is 0.571. The minimum absolute atomic E-state index is 0.263. The van der Waals surface area contributed by atoms with Crippen LogP contribution in [0.2, 0.25) is 0 Å². The van der Waals surface area contributed by atoms with Crippen molar-refractivity contribution in [3.8, 4) is 0 Å². The van der Waals surface area contributed by atoms with Crippen molar-refractivity contribution >= 4 is 21.8 Å². The van der Waals surface area contributed by atoms with Crippen LogP contribution >= 0.6 is 15.9 Å². The van der Waals surface area contributed by atoms with Gasteiger partial charge in [-0.25, -0.2) is 8.78 Å². The molecule has 0 saturated carbocycles. The molecule has 0 atom stereocenters. The number of hydrogen-bond donors (Lipinski definition) is 1. The zero-order chi connectivity index (χ0) is 16.1. The Labute approximate surface area is 134 Å². The largest absolute Gasteiger partial charge is 0.327 e. The highest BCUT2D eigenvalue weighted by Gasteiger charge is 2.46. The van der Waals surface area contributed by atoms with Crippen LogP contribution in [0, 0.1) is 6.92 Å². The summed E-state index contributed by atoms with van der Waals surface area (Å²) < 4.78 is 26.9. The van der Waals surface area contributed by atoms with Gasteiger partial charge in [-0.15, -0.1) is 0 Å². The molecule has 3 rings (SSSR count). The molecule has 8 heteroatoms. The first kappa shape index (κ1) is 15.6. The number of aryl methyl sites for hydroxylation is 1. The summed E-state index contributed by atoms with van der Waals surface area (Å²) in [6.45, 7) is 2.34. The molecule has 5 nitrogen and oxygen atoms in total. The Kier molecular flexibility index (Phi) is 3.84. The molecule has 1 N–H and O–H groups in total. The average molecular weight is 376 g/mol. The van der Waals surface area contributed by atoms with E-state index < -0.39 is 12.1 Å². The summed E-state index contributed by atoms with van der Waals surface area (Å²) in [5, 5.41) is 2.91. The summed E-state index contributed by atoms with van der Waals surface area (Å²) in [5.74, 6) is -0.274. The van der Waals surface area contributed by atoms with E-state index in [1.807, 2.05) is 0 Å². The van der Waals surface area contributed by atoms with E-state index in [1.165, 1.54) is 4.57 Å². The number of piperidine rings is 1. The molecule has 1 aromatic heterocycles. The number of nitrogens with zero attached hydrogens (tertiary/aromatic N) is 2. The van der Waals surface area contributed by atoms with Gasteiger partial charge in [-0.1, -0.05) is 0 Å². The predicted octanol–water partition coefficient (Wildman–Crippen LogP) is 1.68. The molecule has 120 valence electrons. The van der Waals surface area contributed by atoms with Crippen LogP contribution in [0.4, 0.5) is 8.78 Å². The molecule has 1 spiro atoms. The highest BCUT2D eigenvalue weighted by Crippen LogP contribution is 2.34. The maximum absolute atomic E-state index is 12.5. The van der Waals surface area contributed by atoms with Gasteiger partial charge in [0, 0.05) is 25.9 Å². The third-order valence-corrected chi connectivity index (χ3v) is 4.98. The van der Waals surface area contributed by atoms with Crippen molar-refractivity contribution in [2.45, 2.75) is 31.9 Å². The monoisotopic (exact) mass is 375 g/mol. The van der Waals surface area contributed by atoms with E-state index >= 15 is 0 Å². The van der Waals surface area contributed by atoms with E-state index in [0.717, 1.165) is 5.56 Å².